The molecule has 2 unspecified atom stereocenters. The third kappa shape index (κ3) is 3.16. The van der Waals surface area contributed by atoms with Gasteiger partial charge in [-0.05, 0) is 47.0 Å². The quantitative estimate of drug-likeness (QED) is 0.826. The van der Waals surface area contributed by atoms with Crippen LogP contribution in [0.15, 0.2) is 27.2 Å². The summed E-state index contributed by atoms with van der Waals surface area (Å²) in [6, 6.07) is 4.59. The van der Waals surface area contributed by atoms with E-state index in [9.17, 15) is 9.50 Å². The van der Waals surface area contributed by atoms with Crippen LogP contribution < -0.4 is 0 Å². The Hall–Kier alpha value is -1.27. The van der Waals surface area contributed by atoms with Crippen LogP contribution in [0.4, 0.5) is 4.39 Å². The van der Waals surface area contributed by atoms with E-state index >= 15 is 0 Å². The number of aromatic nitrogens is 2. The highest BCUT2D eigenvalue weighted by atomic mass is 79.9. The van der Waals surface area contributed by atoms with Crippen LogP contribution in [0.25, 0.3) is 11.4 Å². The maximum absolute atomic E-state index is 13.3. The van der Waals surface area contributed by atoms with Gasteiger partial charge in [0.05, 0.1) is 16.5 Å². The van der Waals surface area contributed by atoms with Crippen LogP contribution in [0.2, 0.25) is 0 Å². The Morgan fingerprint density at radius 1 is 1.24 bits per heavy atom. The molecule has 0 amide bonds. The van der Waals surface area contributed by atoms with Gasteiger partial charge in [0.1, 0.15) is 5.82 Å². The van der Waals surface area contributed by atoms with Crippen LogP contribution in [0, 0.1) is 5.82 Å². The molecule has 6 heteroatoms. The van der Waals surface area contributed by atoms with Crippen LogP contribution in [0.3, 0.4) is 0 Å². The van der Waals surface area contributed by atoms with Gasteiger partial charge in [0.15, 0.2) is 0 Å². The molecule has 0 bridgehead atoms. The maximum Gasteiger partial charge on any atom is 0.232 e. The van der Waals surface area contributed by atoms with Gasteiger partial charge in [0.2, 0.25) is 11.7 Å². The fraction of sp³-hybridized carbons (Fsp3) is 0.467. The zero-order valence-electron chi connectivity index (χ0n) is 11.4. The van der Waals surface area contributed by atoms with E-state index in [1.54, 1.807) is 12.1 Å². The minimum Gasteiger partial charge on any atom is -0.392 e. The zero-order chi connectivity index (χ0) is 14.8. The molecule has 0 saturated heterocycles. The summed E-state index contributed by atoms with van der Waals surface area (Å²) >= 11 is 3.15. The average molecular weight is 355 g/mol. The molecule has 1 heterocycles. The van der Waals surface area contributed by atoms with Crippen molar-refractivity contribution in [1.29, 1.82) is 0 Å². The van der Waals surface area contributed by atoms with Crippen LogP contribution >= 0.6 is 15.9 Å². The van der Waals surface area contributed by atoms with E-state index in [4.69, 9.17) is 4.52 Å². The standard InChI is InChI=1S/C15H16BrFN2O2/c16-11-8-9(6-7-12(11)17)14-18-15(21-19-14)10-4-2-1-3-5-13(10)20/h6-8,10,13,20H,1-5H2. The Labute approximate surface area is 130 Å². The lowest BCUT2D eigenvalue weighted by atomic mass is 9.97. The Balaban J connectivity index is 1.86. The third-order valence-corrected chi connectivity index (χ3v) is 4.52. The van der Waals surface area contributed by atoms with E-state index in [0.717, 1.165) is 32.1 Å². The molecule has 1 fully saturated rings. The number of aliphatic hydroxyl groups excluding tert-OH is 1. The molecule has 1 aliphatic rings. The van der Waals surface area contributed by atoms with Crippen molar-refractivity contribution in [3.8, 4) is 11.4 Å². The molecule has 1 aromatic carbocycles. The second-order valence-electron chi connectivity index (χ2n) is 5.40. The minimum absolute atomic E-state index is 0.0994. The van der Waals surface area contributed by atoms with Crippen molar-refractivity contribution in [2.24, 2.45) is 0 Å². The number of hydrogen-bond acceptors (Lipinski definition) is 4. The van der Waals surface area contributed by atoms with Crippen molar-refractivity contribution in [1.82, 2.24) is 10.1 Å². The molecule has 0 spiro atoms. The van der Waals surface area contributed by atoms with E-state index in [-0.39, 0.29) is 11.7 Å². The van der Waals surface area contributed by atoms with Gasteiger partial charge in [-0.25, -0.2) is 4.39 Å². The van der Waals surface area contributed by atoms with Crippen LogP contribution in [-0.4, -0.2) is 21.4 Å². The minimum atomic E-state index is -0.430. The summed E-state index contributed by atoms with van der Waals surface area (Å²) < 4.78 is 18.9. The summed E-state index contributed by atoms with van der Waals surface area (Å²) in [6.45, 7) is 0. The molecule has 1 aromatic heterocycles. The SMILES string of the molecule is OC1CCCCCC1c1nc(-c2ccc(F)c(Br)c2)no1. The number of nitrogens with zero attached hydrogens (tertiary/aromatic N) is 2. The second kappa shape index (κ2) is 6.23. The van der Waals surface area contributed by atoms with Crippen molar-refractivity contribution < 1.29 is 14.0 Å². The molecule has 1 aliphatic carbocycles. The van der Waals surface area contributed by atoms with E-state index < -0.39 is 6.10 Å². The first-order valence-electron chi connectivity index (χ1n) is 7.12. The predicted molar refractivity (Wildman–Crippen MR) is 79.2 cm³/mol. The number of aliphatic hydroxyl groups is 1. The Kier molecular flexibility index (Phi) is 4.35. The first kappa shape index (κ1) is 14.7. The normalized spacial score (nSPS) is 23.0. The molecule has 0 radical (unpaired) electrons. The van der Waals surface area contributed by atoms with Gasteiger partial charge < -0.3 is 9.63 Å². The van der Waals surface area contributed by atoms with Gasteiger partial charge >= 0.3 is 0 Å². The molecule has 4 nitrogen and oxygen atoms in total. The topological polar surface area (TPSA) is 59.2 Å². The molecule has 1 N–H and O–H groups in total. The van der Waals surface area contributed by atoms with Gasteiger partial charge in [0.25, 0.3) is 0 Å². The fourth-order valence-electron chi connectivity index (χ4n) is 2.71. The smallest absolute Gasteiger partial charge is 0.232 e. The highest BCUT2D eigenvalue weighted by Gasteiger charge is 2.28. The summed E-state index contributed by atoms with van der Waals surface area (Å²) in [5, 5.41) is 14.1. The monoisotopic (exact) mass is 354 g/mol. The third-order valence-electron chi connectivity index (χ3n) is 3.92. The van der Waals surface area contributed by atoms with Gasteiger partial charge in [-0.15, -0.1) is 0 Å². The summed E-state index contributed by atoms with van der Waals surface area (Å²) in [4.78, 5) is 4.39. The van der Waals surface area contributed by atoms with Gasteiger partial charge in [0, 0.05) is 5.56 Å². The van der Waals surface area contributed by atoms with Crippen LogP contribution in [0.1, 0.15) is 43.9 Å². The average Bonchev–Trinajstić information content (AvgIpc) is 2.85. The molecular weight excluding hydrogens is 339 g/mol. The Morgan fingerprint density at radius 2 is 2.05 bits per heavy atom. The summed E-state index contributed by atoms with van der Waals surface area (Å²) in [5.74, 6) is 0.460. The maximum atomic E-state index is 13.3. The lowest BCUT2D eigenvalue weighted by Gasteiger charge is -2.15. The molecule has 112 valence electrons. The first-order valence-corrected chi connectivity index (χ1v) is 7.91. The molecule has 1 saturated carbocycles. The van der Waals surface area contributed by atoms with Crippen LogP contribution in [-0.2, 0) is 0 Å². The molecule has 0 aliphatic heterocycles. The lowest BCUT2D eigenvalue weighted by Crippen LogP contribution is -2.17. The molecular formula is C15H16BrFN2O2. The van der Waals surface area contributed by atoms with Crippen LogP contribution in [0.5, 0.6) is 0 Å². The molecule has 2 aromatic rings. The number of benzene rings is 1. The van der Waals surface area contributed by atoms with Crippen molar-refractivity contribution in [3.63, 3.8) is 0 Å². The summed E-state index contributed by atoms with van der Waals surface area (Å²) in [7, 11) is 0. The van der Waals surface area contributed by atoms with E-state index in [2.05, 4.69) is 26.1 Å². The van der Waals surface area contributed by atoms with Crippen molar-refractivity contribution in [2.45, 2.75) is 44.1 Å². The fourth-order valence-corrected chi connectivity index (χ4v) is 3.09. The summed E-state index contributed by atoms with van der Waals surface area (Å²) in [5.41, 5.74) is 0.682. The van der Waals surface area contributed by atoms with E-state index in [1.165, 1.54) is 6.07 Å². The summed E-state index contributed by atoms with van der Waals surface area (Å²) in [6.07, 6.45) is 4.41. The van der Waals surface area contributed by atoms with Crippen molar-refractivity contribution in [2.75, 3.05) is 0 Å². The van der Waals surface area contributed by atoms with E-state index in [1.807, 2.05) is 0 Å². The van der Waals surface area contributed by atoms with Crippen molar-refractivity contribution >= 4 is 15.9 Å². The first-order chi connectivity index (χ1) is 10.1. The number of hydrogen-bond donors (Lipinski definition) is 1. The highest BCUT2D eigenvalue weighted by molar-refractivity contribution is 9.10. The number of halogens is 2. The molecule has 21 heavy (non-hydrogen) atoms. The van der Waals surface area contributed by atoms with Gasteiger partial charge in [-0.2, -0.15) is 4.98 Å². The number of rotatable bonds is 2. The zero-order valence-corrected chi connectivity index (χ0v) is 13.0. The second-order valence-corrected chi connectivity index (χ2v) is 6.25. The predicted octanol–water partition coefficient (Wildman–Crippen LogP) is 4.05. The molecule has 3 rings (SSSR count). The van der Waals surface area contributed by atoms with E-state index in [0.29, 0.717) is 21.8 Å². The van der Waals surface area contributed by atoms with Crippen molar-refractivity contribution in [3.05, 3.63) is 34.4 Å². The Bertz CT molecular complexity index is 632. The van der Waals surface area contributed by atoms with Gasteiger partial charge in [-0.1, -0.05) is 24.4 Å². The highest BCUT2D eigenvalue weighted by Crippen LogP contribution is 2.32. The largest absolute Gasteiger partial charge is 0.392 e. The lowest BCUT2D eigenvalue weighted by molar-refractivity contribution is 0.119. The van der Waals surface area contributed by atoms with Gasteiger partial charge in [-0.3, -0.25) is 0 Å². The Morgan fingerprint density at radius 3 is 2.86 bits per heavy atom. The molecule has 2 atom stereocenters.